The Bertz CT molecular complexity index is 1270. The van der Waals surface area contributed by atoms with Crippen LogP contribution in [-0.2, 0) is 17.8 Å². The average molecular weight is 508 g/mol. The fourth-order valence-electron chi connectivity index (χ4n) is 6.08. The van der Waals surface area contributed by atoms with E-state index >= 15 is 0 Å². The third-order valence-corrected chi connectivity index (χ3v) is 8.28. The number of nitrogens with zero attached hydrogens (tertiary/aromatic N) is 7. The van der Waals surface area contributed by atoms with Crippen LogP contribution in [0.1, 0.15) is 43.5 Å². The molecule has 6 rings (SSSR count). The predicted molar refractivity (Wildman–Crippen MR) is 143 cm³/mol. The molecule has 0 bridgehead atoms. The highest BCUT2D eigenvalue weighted by atomic mass is 35.5. The highest BCUT2D eigenvalue weighted by Gasteiger charge is 2.33. The number of benzene rings is 1. The van der Waals surface area contributed by atoms with E-state index in [0.717, 1.165) is 86.4 Å². The predicted octanol–water partition coefficient (Wildman–Crippen LogP) is 4.08. The summed E-state index contributed by atoms with van der Waals surface area (Å²) in [4.78, 5) is 34.5. The first-order valence-corrected chi connectivity index (χ1v) is 13.7. The number of piperazine rings is 1. The van der Waals surface area contributed by atoms with Crippen molar-refractivity contribution < 1.29 is 4.79 Å². The number of imidazole rings is 1. The molecule has 1 amide bonds. The van der Waals surface area contributed by atoms with Crippen LogP contribution in [0.4, 0.5) is 11.5 Å². The van der Waals surface area contributed by atoms with Gasteiger partial charge in [-0.05, 0) is 50.3 Å². The summed E-state index contributed by atoms with van der Waals surface area (Å²) >= 11 is 6.24. The lowest BCUT2D eigenvalue weighted by atomic mass is 9.96. The Morgan fingerprint density at radius 2 is 1.83 bits per heavy atom. The van der Waals surface area contributed by atoms with E-state index in [1.165, 1.54) is 30.5 Å². The van der Waals surface area contributed by atoms with Gasteiger partial charge in [0.1, 0.15) is 12.2 Å². The zero-order chi connectivity index (χ0) is 24.6. The number of hydrogen-bond acceptors (Lipinski definition) is 6. The molecule has 0 N–H and O–H groups in total. The van der Waals surface area contributed by atoms with Gasteiger partial charge >= 0.3 is 0 Å². The maximum absolute atomic E-state index is 13.6. The molecule has 2 saturated heterocycles. The third-order valence-electron chi connectivity index (χ3n) is 8.05. The molecule has 8 nitrogen and oxygen atoms in total. The number of carbonyl (C=O) groups excluding carboxylic acids is 1. The lowest BCUT2D eigenvalue weighted by molar-refractivity contribution is -0.136. The summed E-state index contributed by atoms with van der Waals surface area (Å²) in [6.45, 7) is 7.83. The van der Waals surface area contributed by atoms with Crippen molar-refractivity contribution in [2.75, 3.05) is 49.1 Å². The molecule has 190 valence electrons. The quantitative estimate of drug-likeness (QED) is 0.532. The van der Waals surface area contributed by atoms with Crippen LogP contribution in [0.15, 0.2) is 24.5 Å². The molecule has 3 aromatic rings. The lowest BCUT2D eigenvalue weighted by Crippen LogP contribution is -2.52. The van der Waals surface area contributed by atoms with Crippen LogP contribution in [0.25, 0.3) is 11.2 Å². The molecule has 36 heavy (non-hydrogen) atoms. The summed E-state index contributed by atoms with van der Waals surface area (Å²) in [7, 11) is 0. The van der Waals surface area contributed by atoms with Crippen LogP contribution in [0.2, 0.25) is 5.02 Å². The van der Waals surface area contributed by atoms with Crippen molar-refractivity contribution in [1.29, 1.82) is 0 Å². The number of rotatable bonds is 3. The number of aromatic nitrogens is 4. The Kier molecular flexibility index (Phi) is 6.46. The first-order chi connectivity index (χ1) is 17.6. The van der Waals surface area contributed by atoms with E-state index in [0.29, 0.717) is 6.54 Å². The summed E-state index contributed by atoms with van der Waals surface area (Å²) < 4.78 is 2.28. The van der Waals surface area contributed by atoms with E-state index in [-0.39, 0.29) is 11.8 Å². The van der Waals surface area contributed by atoms with Crippen LogP contribution >= 0.6 is 11.6 Å². The maximum Gasteiger partial charge on any atom is 0.227 e. The van der Waals surface area contributed by atoms with E-state index in [1.54, 1.807) is 6.33 Å². The van der Waals surface area contributed by atoms with Gasteiger partial charge in [-0.15, -0.1) is 0 Å². The molecule has 3 aliphatic rings. The standard InChI is InChI=1S/C27H34ClN7O/c1-19-8-9-21(28)16-22(19)32-12-14-33(15-13-32)27(36)20-6-5-10-34(17-20)25-24-26(30-18-29-25)35-11-4-2-3-7-23(35)31-24/h8-9,16,18,20H,2-7,10-15,17H2,1H3. The molecule has 5 heterocycles. The van der Waals surface area contributed by atoms with Crippen LogP contribution in [-0.4, -0.2) is 69.6 Å². The summed E-state index contributed by atoms with van der Waals surface area (Å²) in [5.41, 5.74) is 4.23. The zero-order valence-corrected chi connectivity index (χ0v) is 21.8. The van der Waals surface area contributed by atoms with Crippen LogP contribution in [0, 0.1) is 12.8 Å². The van der Waals surface area contributed by atoms with Crippen molar-refractivity contribution in [2.24, 2.45) is 5.92 Å². The first kappa shape index (κ1) is 23.5. The number of piperidine rings is 1. The SMILES string of the molecule is Cc1ccc(Cl)cc1N1CCN(C(=O)C2CCCN(c3ncnc4c3nc3n4CCCCC3)C2)CC1. The van der Waals surface area contributed by atoms with Crippen molar-refractivity contribution >= 4 is 40.2 Å². The molecule has 2 fully saturated rings. The van der Waals surface area contributed by atoms with Gasteiger partial charge in [0.25, 0.3) is 0 Å². The Morgan fingerprint density at radius 3 is 2.69 bits per heavy atom. The fraction of sp³-hybridized carbons (Fsp3) is 0.556. The van der Waals surface area contributed by atoms with E-state index in [1.807, 2.05) is 12.1 Å². The number of carbonyl (C=O) groups is 1. The molecular weight excluding hydrogens is 474 g/mol. The highest BCUT2D eigenvalue weighted by Crippen LogP contribution is 2.31. The molecular formula is C27H34ClN7O. The topological polar surface area (TPSA) is 70.4 Å². The second-order valence-electron chi connectivity index (χ2n) is 10.4. The molecule has 0 spiro atoms. The van der Waals surface area contributed by atoms with E-state index in [2.05, 4.69) is 42.2 Å². The number of fused-ring (bicyclic) bond motifs is 3. The Labute approximate surface area is 217 Å². The van der Waals surface area contributed by atoms with Crippen molar-refractivity contribution in [2.45, 2.75) is 52.0 Å². The summed E-state index contributed by atoms with van der Waals surface area (Å²) in [6, 6.07) is 6.03. The number of halogens is 1. The molecule has 1 aromatic carbocycles. The van der Waals surface area contributed by atoms with E-state index in [9.17, 15) is 4.79 Å². The second kappa shape index (κ2) is 9.88. The monoisotopic (exact) mass is 507 g/mol. The molecule has 3 aliphatic heterocycles. The van der Waals surface area contributed by atoms with Gasteiger partial charge in [0.15, 0.2) is 17.0 Å². The Balaban J connectivity index is 1.15. The van der Waals surface area contributed by atoms with Crippen molar-refractivity contribution in [3.63, 3.8) is 0 Å². The molecule has 1 atom stereocenters. The second-order valence-corrected chi connectivity index (χ2v) is 10.8. The number of aryl methyl sites for hydroxylation is 3. The van der Waals surface area contributed by atoms with Gasteiger partial charge in [-0.1, -0.05) is 24.1 Å². The minimum atomic E-state index is -0.0105. The summed E-state index contributed by atoms with van der Waals surface area (Å²) in [6.07, 6.45) is 8.16. The molecule has 1 unspecified atom stereocenters. The molecule has 0 saturated carbocycles. The largest absolute Gasteiger partial charge is 0.368 e. The van der Waals surface area contributed by atoms with Gasteiger partial charge in [0.05, 0.1) is 5.92 Å². The van der Waals surface area contributed by atoms with Crippen molar-refractivity contribution in [1.82, 2.24) is 24.4 Å². The van der Waals surface area contributed by atoms with Crippen molar-refractivity contribution in [3.8, 4) is 0 Å². The Hall–Kier alpha value is -2.87. The number of amides is 1. The van der Waals surface area contributed by atoms with Crippen LogP contribution < -0.4 is 9.80 Å². The first-order valence-electron chi connectivity index (χ1n) is 13.3. The maximum atomic E-state index is 13.6. The molecule has 2 aromatic heterocycles. The van der Waals surface area contributed by atoms with Gasteiger partial charge in [-0.25, -0.2) is 15.0 Å². The lowest BCUT2D eigenvalue weighted by Gasteiger charge is -2.40. The minimum absolute atomic E-state index is 0.0105. The van der Waals surface area contributed by atoms with Gasteiger partial charge in [-0.3, -0.25) is 4.79 Å². The van der Waals surface area contributed by atoms with E-state index < -0.39 is 0 Å². The fourth-order valence-corrected chi connectivity index (χ4v) is 6.24. The Morgan fingerprint density at radius 1 is 0.972 bits per heavy atom. The van der Waals surface area contributed by atoms with E-state index in [4.69, 9.17) is 16.6 Å². The highest BCUT2D eigenvalue weighted by molar-refractivity contribution is 6.30. The molecule has 0 radical (unpaired) electrons. The normalized spacial score (nSPS) is 20.9. The van der Waals surface area contributed by atoms with Gasteiger partial charge in [0, 0.05) is 62.9 Å². The summed E-state index contributed by atoms with van der Waals surface area (Å²) in [5, 5.41) is 0.754. The molecule has 0 aliphatic carbocycles. The third kappa shape index (κ3) is 4.40. The number of anilines is 2. The summed E-state index contributed by atoms with van der Waals surface area (Å²) in [5.74, 6) is 2.28. The molecule has 9 heteroatoms. The smallest absolute Gasteiger partial charge is 0.227 e. The van der Waals surface area contributed by atoms with Crippen molar-refractivity contribution in [3.05, 3.63) is 40.9 Å². The number of hydrogen-bond donors (Lipinski definition) is 0. The average Bonchev–Trinajstić information content (AvgIpc) is 3.10. The van der Waals surface area contributed by atoms with Gasteiger partial charge in [0.2, 0.25) is 5.91 Å². The minimum Gasteiger partial charge on any atom is -0.368 e. The van der Waals surface area contributed by atoms with Crippen LogP contribution in [0.5, 0.6) is 0 Å². The van der Waals surface area contributed by atoms with Crippen LogP contribution in [0.3, 0.4) is 0 Å². The van der Waals surface area contributed by atoms with Gasteiger partial charge < -0.3 is 19.3 Å². The zero-order valence-electron chi connectivity index (χ0n) is 21.0. The van der Waals surface area contributed by atoms with Gasteiger partial charge in [-0.2, -0.15) is 0 Å².